The molecule has 1 aromatic carbocycles. The van der Waals surface area contributed by atoms with E-state index >= 15 is 0 Å². The summed E-state index contributed by atoms with van der Waals surface area (Å²) >= 11 is 0. The summed E-state index contributed by atoms with van der Waals surface area (Å²) in [5.74, 6) is -0.191. The van der Waals surface area contributed by atoms with Crippen LogP contribution in [-0.2, 0) is 0 Å². The maximum Gasteiger partial charge on any atom is 0.164 e. The molecule has 1 atom stereocenters. The fraction of sp³-hybridized carbons (Fsp3) is 0.533. The van der Waals surface area contributed by atoms with Crippen LogP contribution in [0.4, 0.5) is 4.39 Å². The number of halogens is 1. The van der Waals surface area contributed by atoms with Gasteiger partial charge in [-0.3, -0.25) is 4.79 Å². The summed E-state index contributed by atoms with van der Waals surface area (Å²) in [6.07, 6.45) is 4.28. The summed E-state index contributed by atoms with van der Waals surface area (Å²) < 4.78 is 12.8. The number of Topliss-reactive ketones (excluding diaryl/α,β-unsaturated/α-hetero) is 1. The molecule has 0 saturated carbocycles. The minimum Gasteiger partial charge on any atom is -0.300 e. The summed E-state index contributed by atoms with van der Waals surface area (Å²) in [4.78, 5) is 14.3. The van der Waals surface area contributed by atoms with Crippen LogP contribution in [0.5, 0.6) is 0 Å². The first-order valence-electron chi connectivity index (χ1n) is 6.69. The van der Waals surface area contributed by atoms with Crippen molar-refractivity contribution in [3.05, 3.63) is 35.6 Å². The Balaban J connectivity index is 1.86. The second kappa shape index (κ2) is 6.10. The van der Waals surface area contributed by atoms with E-state index in [4.69, 9.17) is 0 Å². The smallest absolute Gasteiger partial charge is 0.164 e. The van der Waals surface area contributed by atoms with Crippen molar-refractivity contribution in [1.29, 1.82) is 0 Å². The number of carbonyl (C=O) groups is 1. The van der Waals surface area contributed by atoms with Crippen molar-refractivity contribution >= 4 is 5.78 Å². The van der Waals surface area contributed by atoms with Gasteiger partial charge >= 0.3 is 0 Å². The molecule has 1 aliphatic rings. The third-order valence-electron chi connectivity index (χ3n) is 3.73. The molecule has 0 aliphatic carbocycles. The quantitative estimate of drug-likeness (QED) is 0.763. The number of hydrogen-bond acceptors (Lipinski definition) is 2. The lowest BCUT2D eigenvalue weighted by Gasteiger charge is -2.33. The van der Waals surface area contributed by atoms with Gasteiger partial charge in [0.05, 0.1) is 0 Å². The molecule has 0 spiro atoms. The zero-order valence-electron chi connectivity index (χ0n) is 10.9. The summed E-state index contributed by atoms with van der Waals surface area (Å²) in [7, 11) is 0. The van der Waals surface area contributed by atoms with E-state index < -0.39 is 0 Å². The Morgan fingerprint density at radius 2 is 2.06 bits per heavy atom. The number of piperidine rings is 1. The zero-order valence-corrected chi connectivity index (χ0v) is 10.9. The Morgan fingerprint density at radius 1 is 1.33 bits per heavy atom. The highest BCUT2D eigenvalue weighted by atomic mass is 19.1. The Labute approximate surface area is 108 Å². The summed E-state index contributed by atoms with van der Waals surface area (Å²) in [5, 5.41) is 0. The van der Waals surface area contributed by atoms with E-state index in [1.165, 1.54) is 31.4 Å². The van der Waals surface area contributed by atoms with Gasteiger partial charge in [0.15, 0.2) is 5.78 Å². The number of rotatable bonds is 4. The normalized spacial score (nSPS) is 20.9. The van der Waals surface area contributed by atoms with Crippen molar-refractivity contribution in [2.24, 2.45) is 0 Å². The van der Waals surface area contributed by atoms with E-state index in [1.54, 1.807) is 12.1 Å². The zero-order chi connectivity index (χ0) is 13.0. The maximum absolute atomic E-state index is 12.8. The Hall–Kier alpha value is -1.22. The lowest BCUT2D eigenvalue weighted by molar-refractivity contribution is 0.0935. The highest BCUT2D eigenvalue weighted by Gasteiger charge is 2.18. The van der Waals surface area contributed by atoms with Crippen LogP contribution in [0.15, 0.2) is 24.3 Å². The van der Waals surface area contributed by atoms with Crippen LogP contribution in [0.1, 0.15) is 43.0 Å². The second-order valence-corrected chi connectivity index (χ2v) is 5.06. The first-order valence-corrected chi connectivity index (χ1v) is 6.69. The minimum atomic E-state index is -0.295. The van der Waals surface area contributed by atoms with E-state index in [9.17, 15) is 9.18 Å². The number of carbonyl (C=O) groups excluding carboxylic acids is 1. The van der Waals surface area contributed by atoms with Gasteiger partial charge in [0.25, 0.3) is 0 Å². The molecule has 0 aromatic heterocycles. The topological polar surface area (TPSA) is 20.3 Å². The molecule has 2 nitrogen and oxygen atoms in total. The molecule has 3 heteroatoms. The molecule has 1 saturated heterocycles. The lowest BCUT2D eigenvalue weighted by Crippen LogP contribution is -2.38. The molecule has 0 N–H and O–H groups in total. The average Bonchev–Trinajstić information content (AvgIpc) is 2.38. The molecule has 1 aliphatic heterocycles. The molecule has 98 valence electrons. The van der Waals surface area contributed by atoms with Crippen molar-refractivity contribution in [3.63, 3.8) is 0 Å². The molecular weight excluding hydrogens is 229 g/mol. The van der Waals surface area contributed by atoms with Gasteiger partial charge in [-0.25, -0.2) is 4.39 Å². The van der Waals surface area contributed by atoms with E-state index in [1.807, 2.05) is 0 Å². The van der Waals surface area contributed by atoms with E-state index in [0.29, 0.717) is 18.0 Å². The predicted octanol–water partition coefficient (Wildman–Crippen LogP) is 3.27. The summed E-state index contributed by atoms with van der Waals surface area (Å²) in [5.41, 5.74) is 0.612. The number of nitrogens with zero attached hydrogens (tertiary/aromatic N) is 1. The second-order valence-electron chi connectivity index (χ2n) is 5.06. The van der Waals surface area contributed by atoms with Crippen LogP contribution < -0.4 is 0 Å². The minimum absolute atomic E-state index is 0.104. The van der Waals surface area contributed by atoms with Gasteiger partial charge < -0.3 is 4.90 Å². The molecule has 18 heavy (non-hydrogen) atoms. The van der Waals surface area contributed by atoms with Gasteiger partial charge in [0.2, 0.25) is 0 Å². The Bertz CT molecular complexity index is 401. The highest BCUT2D eigenvalue weighted by Crippen LogP contribution is 2.17. The van der Waals surface area contributed by atoms with Crippen molar-refractivity contribution < 1.29 is 9.18 Å². The number of ketones is 1. The van der Waals surface area contributed by atoms with Gasteiger partial charge in [-0.15, -0.1) is 0 Å². The highest BCUT2D eigenvalue weighted by molar-refractivity contribution is 5.96. The molecule has 0 unspecified atom stereocenters. The summed E-state index contributed by atoms with van der Waals surface area (Å²) in [6.45, 7) is 4.14. The van der Waals surface area contributed by atoms with Crippen LogP contribution in [0.3, 0.4) is 0 Å². The third kappa shape index (κ3) is 3.39. The molecule has 2 rings (SSSR count). The van der Waals surface area contributed by atoms with E-state index in [-0.39, 0.29) is 11.6 Å². The van der Waals surface area contributed by atoms with Crippen LogP contribution in [0.25, 0.3) is 0 Å². The SMILES string of the molecule is C[C@@H]1CCCCN1CCC(=O)c1ccc(F)cc1. The fourth-order valence-corrected chi connectivity index (χ4v) is 2.52. The lowest BCUT2D eigenvalue weighted by atomic mass is 10.0. The van der Waals surface area contributed by atoms with Crippen molar-refractivity contribution in [2.75, 3.05) is 13.1 Å². The maximum atomic E-state index is 12.8. The largest absolute Gasteiger partial charge is 0.300 e. The predicted molar refractivity (Wildman–Crippen MR) is 70.2 cm³/mol. The fourth-order valence-electron chi connectivity index (χ4n) is 2.52. The molecule has 0 amide bonds. The Morgan fingerprint density at radius 3 is 2.72 bits per heavy atom. The van der Waals surface area contributed by atoms with Gasteiger partial charge in [0, 0.05) is 24.6 Å². The van der Waals surface area contributed by atoms with Gasteiger partial charge in [-0.05, 0) is 50.6 Å². The van der Waals surface area contributed by atoms with Gasteiger partial charge in [-0.1, -0.05) is 6.42 Å². The van der Waals surface area contributed by atoms with Crippen molar-refractivity contribution in [3.8, 4) is 0 Å². The molecular formula is C15H20FNO. The van der Waals surface area contributed by atoms with E-state index in [2.05, 4.69) is 11.8 Å². The first-order chi connectivity index (χ1) is 8.66. The first kappa shape index (κ1) is 13.2. The monoisotopic (exact) mass is 249 g/mol. The molecule has 1 aromatic rings. The molecule has 0 bridgehead atoms. The Kier molecular flexibility index (Phi) is 4.48. The number of likely N-dealkylation sites (tertiary alicyclic amines) is 1. The van der Waals surface area contributed by atoms with Crippen molar-refractivity contribution in [1.82, 2.24) is 4.90 Å². The molecule has 0 radical (unpaired) electrons. The van der Waals surface area contributed by atoms with Gasteiger partial charge in [0.1, 0.15) is 5.82 Å². The van der Waals surface area contributed by atoms with Crippen LogP contribution >= 0.6 is 0 Å². The number of benzene rings is 1. The summed E-state index contributed by atoms with van der Waals surface area (Å²) in [6, 6.07) is 6.40. The standard InChI is InChI=1S/C15H20FNO/c1-12-4-2-3-10-17(12)11-9-15(18)13-5-7-14(16)8-6-13/h5-8,12H,2-4,9-11H2,1H3/t12-/m1/s1. The third-order valence-corrected chi connectivity index (χ3v) is 3.73. The average molecular weight is 249 g/mol. The number of hydrogen-bond donors (Lipinski definition) is 0. The molecule has 1 heterocycles. The van der Waals surface area contributed by atoms with Gasteiger partial charge in [-0.2, -0.15) is 0 Å². The molecule has 1 fully saturated rings. The van der Waals surface area contributed by atoms with Crippen LogP contribution in [-0.4, -0.2) is 29.8 Å². The van der Waals surface area contributed by atoms with Crippen molar-refractivity contribution in [2.45, 2.75) is 38.6 Å². The van der Waals surface area contributed by atoms with Crippen LogP contribution in [0.2, 0.25) is 0 Å². The van der Waals surface area contributed by atoms with Crippen LogP contribution in [0, 0.1) is 5.82 Å². The van der Waals surface area contributed by atoms with E-state index in [0.717, 1.165) is 13.1 Å².